The monoisotopic (exact) mass is 346 g/mol. The summed E-state index contributed by atoms with van der Waals surface area (Å²) < 4.78 is 6.11. The van der Waals surface area contributed by atoms with E-state index < -0.39 is 0 Å². The zero-order valence-corrected chi connectivity index (χ0v) is 15.2. The van der Waals surface area contributed by atoms with Crippen LogP contribution in [0.3, 0.4) is 0 Å². The average molecular weight is 346 g/mol. The molecule has 1 N–H and O–H groups in total. The molecule has 0 radical (unpaired) electrons. The fourth-order valence-electron chi connectivity index (χ4n) is 3.28. The molecule has 0 amide bonds. The Bertz CT molecular complexity index is 934. The van der Waals surface area contributed by atoms with Crippen LogP contribution in [-0.2, 0) is 6.61 Å². The molecular formula is C23H22O3. The van der Waals surface area contributed by atoms with Gasteiger partial charge in [0.05, 0.1) is 5.56 Å². The summed E-state index contributed by atoms with van der Waals surface area (Å²) in [5.41, 5.74) is 6.41. The van der Waals surface area contributed by atoms with E-state index in [-0.39, 0.29) is 11.3 Å². The Morgan fingerprint density at radius 1 is 0.923 bits per heavy atom. The van der Waals surface area contributed by atoms with Gasteiger partial charge in [0.25, 0.3) is 0 Å². The number of phenols is 1. The molecule has 0 aliphatic heterocycles. The lowest BCUT2D eigenvalue weighted by Gasteiger charge is -2.16. The topological polar surface area (TPSA) is 46.5 Å². The molecule has 0 saturated carbocycles. The zero-order valence-electron chi connectivity index (χ0n) is 15.2. The predicted octanol–water partition coefficient (Wildman–Crippen LogP) is 5.38. The predicted molar refractivity (Wildman–Crippen MR) is 104 cm³/mol. The molecule has 3 nitrogen and oxygen atoms in total. The number of aldehydes is 1. The van der Waals surface area contributed by atoms with Crippen molar-refractivity contribution in [2.75, 3.05) is 0 Å². The van der Waals surface area contributed by atoms with Crippen molar-refractivity contribution in [2.24, 2.45) is 0 Å². The van der Waals surface area contributed by atoms with Gasteiger partial charge < -0.3 is 9.84 Å². The molecule has 26 heavy (non-hydrogen) atoms. The molecule has 0 unspecified atom stereocenters. The van der Waals surface area contributed by atoms with Crippen molar-refractivity contribution in [1.29, 1.82) is 0 Å². The van der Waals surface area contributed by atoms with Crippen LogP contribution in [0.5, 0.6) is 11.5 Å². The van der Waals surface area contributed by atoms with Gasteiger partial charge in [-0.05, 0) is 49.6 Å². The maximum Gasteiger partial charge on any atom is 0.153 e. The minimum atomic E-state index is -0.0266. The number of rotatable bonds is 5. The van der Waals surface area contributed by atoms with Gasteiger partial charge in [0, 0.05) is 11.1 Å². The van der Waals surface area contributed by atoms with E-state index in [2.05, 4.69) is 32.9 Å². The number of aryl methyl sites for hydroxylation is 3. The second-order valence-electron chi connectivity index (χ2n) is 6.52. The number of carbonyl (C=O) groups is 1. The Labute approximate surface area is 153 Å². The molecule has 0 bridgehead atoms. The Hall–Kier alpha value is -3.07. The first kappa shape index (κ1) is 17.7. The standard InChI is InChI=1S/C23H22O3/c1-15-11-16(2)21(17(3)12-15)14-26-22-10-5-4-8-19(22)20-9-6-7-18(13-24)23(20)25/h4-13,25H,14H2,1-3H3. The maximum atomic E-state index is 11.1. The van der Waals surface area contributed by atoms with Crippen LogP contribution in [0.4, 0.5) is 0 Å². The lowest BCUT2D eigenvalue weighted by atomic mass is 10.00. The second-order valence-corrected chi connectivity index (χ2v) is 6.52. The number of hydrogen-bond donors (Lipinski definition) is 1. The molecule has 0 aromatic heterocycles. The molecule has 0 saturated heterocycles. The molecule has 3 aromatic carbocycles. The number of ether oxygens (including phenoxy) is 1. The van der Waals surface area contributed by atoms with Crippen molar-refractivity contribution >= 4 is 6.29 Å². The molecule has 3 aromatic rings. The van der Waals surface area contributed by atoms with Gasteiger partial charge in [-0.2, -0.15) is 0 Å². The van der Waals surface area contributed by atoms with Crippen molar-refractivity contribution in [2.45, 2.75) is 27.4 Å². The fraction of sp³-hybridized carbons (Fsp3) is 0.174. The van der Waals surface area contributed by atoms with Crippen LogP contribution in [0.2, 0.25) is 0 Å². The number of phenolic OH excluding ortho intramolecular Hbond substituents is 1. The van der Waals surface area contributed by atoms with E-state index in [1.807, 2.05) is 24.3 Å². The molecule has 3 rings (SSSR count). The quantitative estimate of drug-likeness (QED) is 0.631. The van der Waals surface area contributed by atoms with Crippen LogP contribution < -0.4 is 4.74 Å². The Morgan fingerprint density at radius 3 is 2.27 bits per heavy atom. The summed E-state index contributed by atoms with van der Waals surface area (Å²) in [6, 6.07) is 17.0. The third-order valence-electron chi connectivity index (χ3n) is 4.58. The summed E-state index contributed by atoms with van der Waals surface area (Å²) in [7, 11) is 0. The second kappa shape index (κ2) is 7.44. The van der Waals surface area contributed by atoms with Crippen molar-refractivity contribution in [3.63, 3.8) is 0 Å². The Balaban J connectivity index is 1.96. The van der Waals surface area contributed by atoms with Crippen LogP contribution in [-0.4, -0.2) is 11.4 Å². The molecule has 0 fully saturated rings. The van der Waals surface area contributed by atoms with Gasteiger partial charge in [-0.15, -0.1) is 0 Å². The average Bonchev–Trinajstić information content (AvgIpc) is 2.61. The molecule has 0 aliphatic rings. The van der Waals surface area contributed by atoms with Gasteiger partial charge in [-0.3, -0.25) is 4.79 Å². The van der Waals surface area contributed by atoms with Gasteiger partial charge >= 0.3 is 0 Å². The van der Waals surface area contributed by atoms with Crippen molar-refractivity contribution in [3.8, 4) is 22.6 Å². The normalized spacial score (nSPS) is 10.6. The van der Waals surface area contributed by atoms with E-state index in [0.29, 0.717) is 24.2 Å². The van der Waals surface area contributed by atoms with E-state index in [4.69, 9.17) is 4.74 Å². The highest BCUT2D eigenvalue weighted by atomic mass is 16.5. The first-order chi connectivity index (χ1) is 12.5. The molecule has 3 heteroatoms. The van der Waals surface area contributed by atoms with E-state index in [9.17, 15) is 9.90 Å². The lowest BCUT2D eigenvalue weighted by molar-refractivity contribution is 0.112. The largest absolute Gasteiger partial charge is 0.507 e. The van der Waals surface area contributed by atoms with Gasteiger partial charge in [0.2, 0.25) is 0 Å². The highest BCUT2D eigenvalue weighted by molar-refractivity contribution is 5.87. The van der Waals surface area contributed by atoms with Gasteiger partial charge in [-0.25, -0.2) is 0 Å². The minimum absolute atomic E-state index is 0.0266. The first-order valence-corrected chi connectivity index (χ1v) is 8.57. The van der Waals surface area contributed by atoms with Crippen molar-refractivity contribution < 1.29 is 14.6 Å². The molecule has 0 heterocycles. The molecule has 132 valence electrons. The summed E-state index contributed by atoms with van der Waals surface area (Å²) in [6.07, 6.45) is 0.654. The zero-order chi connectivity index (χ0) is 18.7. The van der Waals surface area contributed by atoms with E-state index in [1.54, 1.807) is 18.2 Å². The van der Waals surface area contributed by atoms with Crippen LogP contribution in [0.25, 0.3) is 11.1 Å². The van der Waals surface area contributed by atoms with E-state index >= 15 is 0 Å². The number of para-hydroxylation sites is 2. The SMILES string of the molecule is Cc1cc(C)c(COc2ccccc2-c2cccc(C=O)c2O)c(C)c1. The summed E-state index contributed by atoms with van der Waals surface area (Å²) in [5, 5.41) is 10.4. The van der Waals surface area contributed by atoms with Crippen molar-refractivity contribution in [3.05, 3.63) is 82.4 Å². The molecule has 0 atom stereocenters. The summed E-state index contributed by atoms with van der Waals surface area (Å²) in [6.45, 7) is 6.71. The summed E-state index contributed by atoms with van der Waals surface area (Å²) >= 11 is 0. The molecule has 0 spiro atoms. The third kappa shape index (κ3) is 3.47. The van der Waals surface area contributed by atoms with Crippen LogP contribution >= 0.6 is 0 Å². The lowest BCUT2D eigenvalue weighted by Crippen LogP contribution is -2.02. The number of hydrogen-bond acceptors (Lipinski definition) is 3. The van der Waals surface area contributed by atoms with E-state index in [1.165, 1.54) is 16.7 Å². The highest BCUT2D eigenvalue weighted by Crippen LogP contribution is 2.37. The Morgan fingerprint density at radius 2 is 1.58 bits per heavy atom. The number of aromatic hydroxyl groups is 1. The van der Waals surface area contributed by atoms with Gasteiger partial charge in [0.1, 0.15) is 18.1 Å². The molecular weight excluding hydrogens is 324 g/mol. The summed E-state index contributed by atoms with van der Waals surface area (Å²) in [5.74, 6) is 0.645. The summed E-state index contributed by atoms with van der Waals surface area (Å²) in [4.78, 5) is 11.1. The molecule has 0 aliphatic carbocycles. The van der Waals surface area contributed by atoms with E-state index in [0.717, 1.165) is 11.1 Å². The minimum Gasteiger partial charge on any atom is -0.507 e. The highest BCUT2D eigenvalue weighted by Gasteiger charge is 2.13. The van der Waals surface area contributed by atoms with Gasteiger partial charge in [-0.1, -0.05) is 48.0 Å². The van der Waals surface area contributed by atoms with Gasteiger partial charge in [0.15, 0.2) is 6.29 Å². The smallest absolute Gasteiger partial charge is 0.153 e. The first-order valence-electron chi connectivity index (χ1n) is 8.57. The van der Waals surface area contributed by atoms with Crippen LogP contribution in [0.1, 0.15) is 32.6 Å². The number of carbonyl (C=O) groups excluding carboxylic acids is 1. The number of benzene rings is 3. The van der Waals surface area contributed by atoms with Crippen LogP contribution in [0, 0.1) is 20.8 Å². The maximum absolute atomic E-state index is 11.1. The van der Waals surface area contributed by atoms with Crippen LogP contribution in [0.15, 0.2) is 54.6 Å². The Kier molecular flexibility index (Phi) is 5.08. The van der Waals surface area contributed by atoms with Crippen molar-refractivity contribution in [1.82, 2.24) is 0 Å². The third-order valence-corrected chi connectivity index (χ3v) is 4.58. The fourth-order valence-corrected chi connectivity index (χ4v) is 3.28.